The van der Waals surface area contributed by atoms with E-state index < -0.39 is 8.96 Å². The zero-order chi connectivity index (χ0) is 10.8. The molecule has 0 spiro atoms. The molecule has 14 heavy (non-hydrogen) atoms. The molecule has 0 rings (SSSR count). The summed E-state index contributed by atoms with van der Waals surface area (Å²) >= 11 is 0. The van der Waals surface area contributed by atoms with E-state index in [1.807, 2.05) is 0 Å². The smallest absolute Gasteiger partial charge is 0.111 e. The fourth-order valence-corrected chi connectivity index (χ4v) is 4.71. The fourth-order valence-electron chi connectivity index (χ4n) is 2.00. The van der Waals surface area contributed by atoms with Crippen LogP contribution in [0.2, 0.25) is 12.1 Å². The number of hydrogen-bond acceptors (Lipinski definition) is 1. The molecule has 0 saturated heterocycles. The molecule has 86 valence electrons. The quantitative estimate of drug-likeness (QED) is 0.531. The van der Waals surface area contributed by atoms with E-state index in [0.29, 0.717) is 0 Å². The van der Waals surface area contributed by atoms with E-state index in [9.17, 15) is 0 Å². The predicted molar refractivity (Wildman–Crippen MR) is 69.5 cm³/mol. The molecule has 0 heterocycles. The molecule has 0 unspecified atom stereocenters. The van der Waals surface area contributed by atoms with Gasteiger partial charge in [-0.3, -0.25) is 0 Å². The Balaban J connectivity index is 3.92. The number of rotatable bonds is 9. The molecule has 0 aliphatic heterocycles. The topological polar surface area (TPSA) is 3.24 Å². The van der Waals surface area contributed by atoms with Crippen molar-refractivity contribution in [1.29, 1.82) is 0 Å². The highest BCUT2D eigenvalue weighted by Crippen LogP contribution is 2.09. The molecule has 0 aromatic carbocycles. The first kappa shape index (κ1) is 14.2. The molecule has 0 aromatic rings. The Morgan fingerprint density at radius 1 is 0.786 bits per heavy atom. The summed E-state index contributed by atoms with van der Waals surface area (Å²) in [7, 11) is -0.537. The van der Waals surface area contributed by atoms with Gasteiger partial charge >= 0.3 is 0 Å². The molecule has 0 aromatic heterocycles. The first-order chi connectivity index (χ1) is 6.79. The minimum atomic E-state index is -0.537. The van der Waals surface area contributed by atoms with Crippen molar-refractivity contribution in [3.63, 3.8) is 0 Å². The zero-order valence-corrected chi connectivity index (χ0v) is 11.8. The second-order valence-corrected chi connectivity index (χ2v) is 7.88. The lowest BCUT2D eigenvalue weighted by molar-refractivity contribution is 0.407. The molecule has 1 nitrogen and oxygen atoms in total. The third-order valence-electron chi connectivity index (χ3n) is 3.06. The summed E-state index contributed by atoms with van der Waals surface area (Å²) in [4.78, 5) is 0. The summed E-state index contributed by atoms with van der Waals surface area (Å²) in [5.41, 5.74) is 0. The first-order valence-electron chi connectivity index (χ1n) is 6.54. The van der Waals surface area contributed by atoms with Gasteiger partial charge in [-0.2, -0.15) is 0 Å². The summed E-state index contributed by atoms with van der Waals surface area (Å²) in [6.45, 7) is 12.1. The second kappa shape index (κ2) is 9.72. The monoisotopic (exact) mass is 215 g/mol. The maximum Gasteiger partial charge on any atom is 0.111 e. The summed E-state index contributed by atoms with van der Waals surface area (Å²) in [6.07, 6.45) is 5.48. The lowest BCUT2D eigenvalue weighted by Gasteiger charge is -2.29. The van der Waals surface area contributed by atoms with Crippen molar-refractivity contribution in [2.24, 2.45) is 0 Å². The van der Waals surface area contributed by atoms with Gasteiger partial charge in [-0.1, -0.05) is 40.5 Å². The summed E-state index contributed by atoms with van der Waals surface area (Å²) in [5.74, 6) is 0. The van der Waals surface area contributed by atoms with Gasteiger partial charge in [-0.15, -0.1) is 0 Å². The molecule has 0 fully saturated rings. The Morgan fingerprint density at radius 3 is 1.50 bits per heavy atom. The van der Waals surface area contributed by atoms with E-state index in [-0.39, 0.29) is 0 Å². The Hall–Kier alpha value is 0.177. The van der Waals surface area contributed by atoms with E-state index in [1.165, 1.54) is 50.9 Å². The summed E-state index contributed by atoms with van der Waals surface area (Å²) in [5, 5.41) is 0. The highest BCUT2D eigenvalue weighted by atomic mass is 28.3. The summed E-state index contributed by atoms with van der Waals surface area (Å²) in [6, 6.07) is 2.90. The second-order valence-electron chi connectivity index (χ2n) is 4.21. The van der Waals surface area contributed by atoms with Crippen LogP contribution in [0.4, 0.5) is 0 Å². The predicted octanol–water partition coefficient (Wildman–Crippen LogP) is 3.65. The molecule has 2 heteroatoms. The van der Waals surface area contributed by atoms with E-state index >= 15 is 0 Å². The van der Waals surface area contributed by atoms with Crippen LogP contribution in [0.15, 0.2) is 0 Å². The minimum Gasteiger partial charge on any atom is -0.326 e. The van der Waals surface area contributed by atoms with Crippen molar-refractivity contribution in [3.8, 4) is 0 Å². The zero-order valence-electron chi connectivity index (χ0n) is 10.7. The van der Waals surface area contributed by atoms with Crippen LogP contribution < -0.4 is 0 Å². The minimum absolute atomic E-state index is 0.537. The van der Waals surface area contributed by atoms with Crippen LogP contribution in [0.1, 0.15) is 53.4 Å². The third kappa shape index (κ3) is 5.81. The van der Waals surface area contributed by atoms with Crippen LogP contribution >= 0.6 is 0 Å². The van der Waals surface area contributed by atoms with Gasteiger partial charge < -0.3 is 4.57 Å². The average molecular weight is 215 g/mol. The van der Waals surface area contributed by atoms with Crippen LogP contribution in [-0.2, 0) is 0 Å². The summed E-state index contributed by atoms with van der Waals surface area (Å²) < 4.78 is 2.84. The standard InChI is InChI=1S/C12H29NSi/c1-5-9-11-13(12-10-6-2)14(7-3)8-4/h14H,5-12H2,1-4H3. The highest BCUT2D eigenvalue weighted by Gasteiger charge is 2.14. The van der Waals surface area contributed by atoms with E-state index in [1.54, 1.807) is 0 Å². The van der Waals surface area contributed by atoms with Crippen molar-refractivity contribution in [2.45, 2.75) is 65.5 Å². The van der Waals surface area contributed by atoms with Crippen molar-refractivity contribution in [2.75, 3.05) is 13.1 Å². The molecule has 0 saturated carbocycles. The van der Waals surface area contributed by atoms with Crippen molar-refractivity contribution in [3.05, 3.63) is 0 Å². The van der Waals surface area contributed by atoms with Crippen LogP contribution in [0.3, 0.4) is 0 Å². The highest BCUT2D eigenvalue weighted by molar-refractivity contribution is 6.55. The van der Waals surface area contributed by atoms with E-state index in [4.69, 9.17) is 0 Å². The lowest BCUT2D eigenvalue weighted by atomic mass is 10.3. The maximum absolute atomic E-state index is 2.84. The first-order valence-corrected chi connectivity index (χ1v) is 8.68. The Labute approximate surface area is 92.6 Å². The van der Waals surface area contributed by atoms with Crippen LogP contribution in [0.25, 0.3) is 0 Å². The molecular weight excluding hydrogens is 186 g/mol. The Morgan fingerprint density at radius 2 is 1.21 bits per heavy atom. The van der Waals surface area contributed by atoms with E-state index in [2.05, 4.69) is 32.3 Å². The van der Waals surface area contributed by atoms with Gasteiger partial charge in [0.2, 0.25) is 0 Å². The van der Waals surface area contributed by atoms with Crippen molar-refractivity contribution in [1.82, 2.24) is 4.57 Å². The van der Waals surface area contributed by atoms with Crippen LogP contribution in [0, 0.1) is 0 Å². The van der Waals surface area contributed by atoms with Crippen molar-refractivity contribution < 1.29 is 0 Å². The Kier molecular flexibility index (Phi) is 9.84. The van der Waals surface area contributed by atoms with Crippen molar-refractivity contribution >= 4 is 8.96 Å². The van der Waals surface area contributed by atoms with Gasteiger partial charge in [0, 0.05) is 0 Å². The van der Waals surface area contributed by atoms with Gasteiger partial charge in [0.1, 0.15) is 8.96 Å². The third-order valence-corrected chi connectivity index (χ3v) is 6.49. The largest absolute Gasteiger partial charge is 0.326 e. The normalized spacial score (nSPS) is 11.6. The fraction of sp³-hybridized carbons (Fsp3) is 1.00. The van der Waals surface area contributed by atoms with Gasteiger partial charge in [0.25, 0.3) is 0 Å². The van der Waals surface area contributed by atoms with E-state index in [0.717, 1.165) is 0 Å². The molecule has 0 atom stereocenters. The van der Waals surface area contributed by atoms with Gasteiger partial charge in [0.05, 0.1) is 0 Å². The molecule has 0 aliphatic rings. The van der Waals surface area contributed by atoms with Gasteiger partial charge in [-0.25, -0.2) is 0 Å². The number of nitrogens with zero attached hydrogens (tertiary/aromatic N) is 1. The molecule has 0 bridgehead atoms. The SMILES string of the molecule is CCCCN(CCCC)[SiH](CC)CC. The average Bonchev–Trinajstić information content (AvgIpc) is 2.22. The lowest BCUT2D eigenvalue weighted by Crippen LogP contribution is -2.39. The molecule has 0 amide bonds. The van der Waals surface area contributed by atoms with Gasteiger partial charge in [0.15, 0.2) is 0 Å². The van der Waals surface area contributed by atoms with Crippen LogP contribution in [0.5, 0.6) is 0 Å². The number of unbranched alkanes of at least 4 members (excludes halogenated alkanes) is 2. The molecular formula is C12H29NSi. The maximum atomic E-state index is 2.84. The van der Waals surface area contributed by atoms with Gasteiger partial charge in [-0.05, 0) is 38.0 Å². The van der Waals surface area contributed by atoms with Crippen LogP contribution in [-0.4, -0.2) is 26.6 Å². The molecule has 0 N–H and O–H groups in total. The molecule has 0 aliphatic carbocycles. The number of hydrogen-bond donors (Lipinski definition) is 0. The molecule has 0 radical (unpaired) electrons. The Bertz CT molecular complexity index is 105.